The van der Waals surface area contributed by atoms with Gasteiger partial charge in [-0.15, -0.1) is 10.2 Å². The Bertz CT molecular complexity index is 801. The van der Waals surface area contributed by atoms with E-state index >= 15 is 0 Å². The molecule has 3 heterocycles. The van der Waals surface area contributed by atoms with Crippen LogP contribution in [0.3, 0.4) is 0 Å². The summed E-state index contributed by atoms with van der Waals surface area (Å²) in [5.41, 5.74) is 1.00. The second kappa shape index (κ2) is 8.24. The smallest absolute Gasteiger partial charge is 0.239 e. The van der Waals surface area contributed by atoms with E-state index in [1.54, 1.807) is 24.2 Å². The maximum Gasteiger partial charge on any atom is 0.239 e. The summed E-state index contributed by atoms with van der Waals surface area (Å²) in [6.07, 6.45) is 6.56. The van der Waals surface area contributed by atoms with Crippen LogP contribution >= 0.6 is 11.8 Å². The van der Waals surface area contributed by atoms with Gasteiger partial charge in [0.25, 0.3) is 0 Å². The molecule has 0 amide bonds. The fourth-order valence-electron chi connectivity index (χ4n) is 2.45. The Morgan fingerprint density at radius 2 is 2.00 bits per heavy atom. The van der Waals surface area contributed by atoms with Gasteiger partial charge in [0.05, 0.1) is 5.25 Å². The molecule has 3 rings (SSSR count). The third kappa shape index (κ3) is 4.07. The maximum atomic E-state index is 5.41. The predicted octanol–water partition coefficient (Wildman–Crippen LogP) is 3.94. The molecular weight excluding hydrogens is 336 g/mol. The molecular formula is C17H22N6OS. The Balaban J connectivity index is 1.76. The summed E-state index contributed by atoms with van der Waals surface area (Å²) in [6.45, 7) is 7.06. The summed E-state index contributed by atoms with van der Waals surface area (Å²) < 4.78 is 7.50. The van der Waals surface area contributed by atoms with Crippen molar-refractivity contribution in [3.05, 3.63) is 36.2 Å². The quantitative estimate of drug-likeness (QED) is 0.564. The maximum absolute atomic E-state index is 5.41. The average molecular weight is 358 g/mol. The molecule has 7 nitrogen and oxygen atoms in total. The van der Waals surface area contributed by atoms with Gasteiger partial charge in [0.2, 0.25) is 5.89 Å². The summed E-state index contributed by atoms with van der Waals surface area (Å²) in [5, 5.41) is 13.6. The zero-order valence-corrected chi connectivity index (χ0v) is 15.5. The van der Waals surface area contributed by atoms with Gasteiger partial charge in [0.15, 0.2) is 16.8 Å². The zero-order chi connectivity index (χ0) is 17.6. The molecule has 0 aliphatic carbocycles. The van der Waals surface area contributed by atoms with Crippen molar-refractivity contribution in [3.63, 3.8) is 0 Å². The normalized spacial score (nSPS) is 12.4. The Morgan fingerprint density at radius 1 is 1.20 bits per heavy atom. The first kappa shape index (κ1) is 17.6. The minimum absolute atomic E-state index is 0.0164. The Labute approximate surface area is 151 Å². The molecule has 132 valence electrons. The molecule has 0 aromatic carbocycles. The Kier molecular flexibility index (Phi) is 5.80. The fourth-order valence-corrected chi connectivity index (χ4v) is 3.40. The molecule has 0 aliphatic heterocycles. The van der Waals surface area contributed by atoms with Gasteiger partial charge < -0.3 is 9.09 Å². The van der Waals surface area contributed by atoms with Crippen LogP contribution in [0.25, 0.3) is 11.4 Å². The van der Waals surface area contributed by atoms with Crippen molar-refractivity contribution >= 4 is 11.8 Å². The highest BCUT2D eigenvalue weighted by atomic mass is 32.2. The first-order chi connectivity index (χ1) is 12.2. The summed E-state index contributed by atoms with van der Waals surface area (Å²) in [4.78, 5) is 8.55. The van der Waals surface area contributed by atoms with Crippen molar-refractivity contribution in [1.29, 1.82) is 0 Å². The number of unbranched alkanes of at least 4 members (excludes halogenated alkanes) is 1. The number of thioether (sulfide) groups is 1. The molecule has 25 heavy (non-hydrogen) atoms. The summed E-state index contributed by atoms with van der Waals surface area (Å²) in [6, 6.07) is 3.87. The van der Waals surface area contributed by atoms with Crippen molar-refractivity contribution in [2.75, 3.05) is 0 Å². The van der Waals surface area contributed by atoms with Crippen molar-refractivity contribution in [3.8, 4) is 11.4 Å². The number of hydrogen-bond acceptors (Lipinski definition) is 7. The van der Waals surface area contributed by atoms with Gasteiger partial charge in [-0.2, -0.15) is 4.98 Å². The molecule has 0 spiro atoms. The fraction of sp³-hybridized carbons (Fsp3) is 0.471. The van der Waals surface area contributed by atoms with Crippen molar-refractivity contribution in [2.24, 2.45) is 0 Å². The van der Waals surface area contributed by atoms with Gasteiger partial charge in [-0.1, -0.05) is 30.3 Å². The van der Waals surface area contributed by atoms with Gasteiger partial charge in [0, 0.05) is 30.9 Å². The monoisotopic (exact) mass is 358 g/mol. The molecule has 8 heteroatoms. The number of aromatic nitrogens is 6. The minimum Gasteiger partial charge on any atom is -0.338 e. The first-order valence-corrected chi connectivity index (χ1v) is 9.43. The highest BCUT2D eigenvalue weighted by Gasteiger charge is 2.20. The third-order valence-electron chi connectivity index (χ3n) is 3.84. The van der Waals surface area contributed by atoms with Crippen LogP contribution in [-0.2, 0) is 13.0 Å². The number of rotatable bonds is 8. The van der Waals surface area contributed by atoms with E-state index in [0.717, 1.165) is 48.2 Å². The van der Waals surface area contributed by atoms with E-state index in [9.17, 15) is 0 Å². The number of nitrogens with zero attached hydrogens (tertiary/aromatic N) is 6. The van der Waals surface area contributed by atoms with Crippen molar-refractivity contribution < 1.29 is 4.52 Å². The zero-order valence-electron chi connectivity index (χ0n) is 14.7. The van der Waals surface area contributed by atoms with Crippen LogP contribution in [0.2, 0.25) is 0 Å². The molecule has 0 bridgehead atoms. The number of aryl methyl sites for hydroxylation is 1. The molecule has 0 fully saturated rings. The van der Waals surface area contributed by atoms with E-state index in [1.165, 1.54) is 0 Å². The SMILES string of the molecule is CCCCc1noc(C(C)Sc2nnc(-c3ccncc3)n2CC)n1. The minimum atomic E-state index is 0.0164. The summed E-state index contributed by atoms with van der Waals surface area (Å²) >= 11 is 1.58. The lowest BCUT2D eigenvalue weighted by Crippen LogP contribution is -2.01. The second-order valence-electron chi connectivity index (χ2n) is 5.70. The molecule has 1 atom stereocenters. The molecule has 0 saturated carbocycles. The molecule has 0 radical (unpaired) electrons. The topological polar surface area (TPSA) is 82.5 Å². The van der Waals surface area contributed by atoms with Crippen LogP contribution < -0.4 is 0 Å². The summed E-state index contributed by atoms with van der Waals surface area (Å²) in [5.74, 6) is 2.25. The van der Waals surface area contributed by atoms with Gasteiger partial charge in [-0.05, 0) is 32.4 Å². The highest BCUT2D eigenvalue weighted by molar-refractivity contribution is 7.99. The van der Waals surface area contributed by atoms with Crippen LogP contribution in [0, 0.1) is 0 Å². The molecule has 0 aliphatic rings. The molecule has 0 saturated heterocycles. The lowest BCUT2D eigenvalue weighted by atomic mass is 10.2. The van der Waals surface area contributed by atoms with Crippen LogP contribution in [0.5, 0.6) is 0 Å². The molecule has 0 N–H and O–H groups in total. The largest absolute Gasteiger partial charge is 0.338 e. The Morgan fingerprint density at radius 3 is 2.72 bits per heavy atom. The number of hydrogen-bond donors (Lipinski definition) is 0. The van der Waals surface area contributed by atoms with Crippen LogP contribution in [0.1, 0.15) is 50.6 Å². The van der Waals surface area contributed by atoms with Crippen molar-refractivity contribution in [1.82, 2.24) is 29.9 Å². The highest BCUT2D eigenvalue weighted by Crippen LogP contribution is 2.34. The predicted molar refractivity (Wildman–Crippen MR) is 96.1 cm³/mol. The van der Waals surface area contributed by atoms with E-state index in [-0.39, 0.29) is 5.25 Å². The average Bonchev–Trinajstić information content (AvgIpc) is 3.27. The lowest BCUT2D eigenvalue weighted by Gasteiger charge is -2.09. The van der Waals surface area contributed by atoms with E-state index in [1.807, 2.05) is 19.1 Å². The van der Waals surface area contributed by atoms with E-state index in [4.69, 9.17) is 4.52 Å². The van der Waals surface area contributed by atoms with Gasteiger partial charge >= 0.3 is 0 Å². The van der Waals surface area contributed by atoms with Crippen LogP contribution in [0.4, 0.5) is 0 Å². The second-order valence-corrected chi connectivity index (χ2v) is 7.01. The standard InChI is InChI=1S/C17H22N6OS/c1-4-6-7-14-19-16(24-22-14)12(3)25-17-21-20-15(23(17)5-2)13-8-10-18-11-9-13/h8-12H,4-7H2,1-3H3. The van der Waals surface area contributed by atoms with Crippen LogP contribution in [-0.4, -0.2) is 29.9 Å². The van der Waals surface area contributed by atoms with E-state index in [2.05, 4.69) is 43.7 Å². The van der Waals surface area contributed by atoms with E-state index < -0.39 is 0 Å². The molecule has 1 unspecified atom stereocenters. The van der Waals surface area contributed by atoms with Gasteiger partial charge in [-0.3, -0.25) is 4.98 Å². The van der Waals surface area contributed by atoms with Crippen LogP contribution in [0.15, 0.2) is 34.2 Å². The number of pyridine rings is 1. The first-order valence-electron chi connectivity index (χ1n) is 8.55. The Hall–Kier alpha value is -2.22. The third-order valence-corrected chi connectivity index (χ3v) is 4.91. The molecule has 3 aromatic rings. The lowest BCUT2D eigenvalue weighted by molar-refractivity contribution is 0.374. The van der Waals surface area contributed by atoms with E-state index in [0.29, 0.717) is 5.89 Å². The van der Waals surface area contributed by atoms with Crippen molar-refractivity contribution in [2.45, 2.75) is 57.0 Å². The van der Waals surface area contributed by atoms with Gasteiger partial charge in [0.1, 0.15) is 0 Å². The molecule has 3 aromatic heterocycles. The summed E-state index contributed by atoms with van der Waals surface area (Å²) in [7, 11) is 0. The van der Waals surface area contributed by atoms with Gasteiger partial charge in [-0.25, -0.2) is 0 Å².